The van der Waals surface area contributed by atoms with Crippen molar-refractivity contribution >= 4 is 11.6 Å². The number of esters is 1. The van der Waals surface area contributed by atoms with Gasteiger partial charge in [-0.05, 0) is 12.1 Å². The first-order chi connectivity index (χ1) is 7.77. The van der Waals surface area contributed by atoms with Gasteiger partial charge >= 0.3 is 5.97 Å². The molecule has 84 valence electrons. The molecule has 0 fully saturated rings. The lowest BCUT2D eigenvalue weighted by Crippen LogP contribution is -2.10. The maximum Gasteiger partial charge on any atom is 0.355 e. The molecule has 0 saturated carbocycles. The highest BCUT2D eigenvalue weighted by atomic mass is 16.5. The summed E-state index contributed by atoms with van der Waals surface area (Å²) in [6.07, 6.45) is 1.69. The van der Waals surface area contributed by atoms with Gasteiger partial charge in [0.1, 0.15) is 11.3 Å². The van der Waals surface area contributed by atoms with Crippen molar-refractivity contribution in [3.63, 3.8) is 0 Å². The number of fused-ring (bicyclic) bond motifs is 1. The maximum absolute atomic E-state index is 11.6. The number of hydrogen-bond acceptors (Lipinski definition) is 4. The predicted octanol–water partition coefficient (Wildman–Crippen LogP) is 1.27. The van der Waals surface area contributed by atoms with Crippen LogP contribution < -0.4 is 0 Å². The van der Waals surface area contributed by atoms with E-state index in [9.17, 15) is 4.79 Å². The smallest absolute Gasteiger partial charge is 0.355 e. The lowest BCUT2D eigenvalue weighted by Gasteiger charge is -2.06. The third-order valence-corrected chi connectivity index (χ3v) is 2.29. The molecule has 2 aromatic heterocycles. The summed E-state index contributed by atoms with van der Waals surface area (Å²) in [7, 11) is 2.95. The van der Waals surface area contributed by atoms with Gasteiger partial charge in [0, 0.05) is 7.11 Å². The maximum atomic E-state index is 11.6. The Labute approximate surface area is 92.6 Å². The van der Waals surface area contributed by atoms with Crippen LogP contribution in [0.15, 0.2) is 24.4 Å². The lowest BCUT2D eigenvalue weighted by atomic mass is 10.3. The quantitative estimate of drug-likeness (QED) is 0.731. The minimum atomic E-state index is -0.388. The van der Waals surface area contributed by atoms with Crippen LogP contribution in [0.25, 0.3) is 5.65 Å². The highest BCUT2D eigenvalue weighted by molar-refractivity contribution is 5.88. The van der Waals surface area contributed by atoms with Crippen LogP contribution in [-0.2, 0) is 16.1 Å². The molecule has 0 atom stereocenters. The fourth-order valence-corrected chi connectivity index (χ4v) is 1.61. The van der Waals surface area contributed by atoms with Gasteiger partial charge in [-0.15, -0.1) is 0 Å². The van der Waals surface area contributed by atoms with E-state index in [1.807, 2.05) is 6.07 Å². The van der Waals surface area contributed by atoms with E-state index in [0.29, 0.717) is 17.9 Å². The summed E-state index contributed by atoms with van der Waals surface area (Å²) >= 11 is 0. The average Bonchev–Trinajstić information content (AvgIpc) is 2.72. The first kappa shape index (κ1) is 10.6. The Kier molecular flexibility index (Phi) is 2.87. The van der Waals surface area contributed by atoms with E-state index in [2.05, 4.69) is 4.98 Å². The monoisotopic (exact) mass is 220 g/mol. The van der Waals surface area contributed by atoms with E-state index in [1.54, 1.807) is 29.8 Å². The van der Waals surface area contributed by atoms with E-state index in [-0.39, 0.29) is 5.97 Å². The lowest BCUT2D eigenvalue weighted by molar-refractivity contribution is 0.0591. The first-order valence-corrected chi connectivity index (χ1v) is 4.80. The molecular weight excluding hydrogens is 208 g/mol. The largest absolute Gasteiger partial charge is 0.464 e. The van der Waals surface area contributed by atoms with E-state index in [4.69, 9.17) is 9.47 Å². The molecule has 0 aliphatic rings. The molecule has 0 saturated heterocycles. The summed E-state index contributed by atoms with van der Waals surface area (Å²) < 4.78 is 11.5. The molecule has 0 amide bonds. The zero-order chi connectivity index (χ0) is 11.5. The van der Waals surface area contributed by atoms with Crippen molar-refractivity contribution in [2.45, 2.75) is 6.61 Å². The molecule has 5 heteroatoms. The Balaban J connectivity index is 2.63. The Hall–Kier alpha value is -1.88. The number of ether oxygens (including phenoxy) is 2. The van der Waals surface area contributed by atoms with Crippen LogP contribution in [-0.4, -0.2) is 29.6 Å². The molecule has 2 heterocycles. The molecule has 0 aliphatic heterocycles. The Morgan fingerprint density at radius 1 is 1.44 bits per heavy atom. The normalized spacial score (nSPS) is 10.6. The third-order valence-electron chi connectivity index (χ3n) is 2.29. The van der Waals surface area contributed by atoms with E-state index in [0.717, 1.165) is 5.69 Å². The molecule has 16 heavy (non-hydrogen) atoms. The van der Waals surface area contributed by atoms with Gasteiger partial charge in [0.25, 0.3) is 0 Å². The van der Waals surface area contributed by atoms with Gasteiger partial charge in [-0.2, -0.15) is 0 Å². The Morgan fingerprint density at radius 2 is 2.25 bits per heavy atom. The number of carbonyl (C=O) groups excluding carboxylic acids is 1. The predicted molar refractivity (Wildman–Crippen MR) is 57.2 cm³/mol. The molecular formula is C11H12N2O3. The SMILES string of the molecule is COCc1cnc2cccc(C(=O)OC)n12. The van der Waals surface area contributed by atoms with Crippen LogP contribution in [0.5, 0.6) is 0 Å². The van der Waals surface area contributed by atoms with Crippen molar-refractivity contribution < 1.29 is 14.3 Å². The van der Waals surface area contributed by atoms with E-state index in [1.165, 1.54) is 7.11 Å². The fourth-order valence-electron chi connectivity index (χ4n) is 1.61. The second-order valence-electron chi connectivity index (χ2n) is 3.28. The number of imidazole rings is 1. The third kappa shape index (κ3) is 1.65. The summed E-state index contributed by atoms with van der Waals surface area (Å²) in [4.78, 5) is 15.8. The van der Waals surface area contributed by atoms with Gasteiger partial charge in [-0.3, -0.25) is 4.40 Å². The van der Waals surface area contributed by atoms with Crippen LogP contribution in [0.4, 0.5) is 0 Å². The van der Waals surface area contributed by atoms with Crippen LogP contribution in [0, 0.1) is 0 Å². The van der Waals surface area contributed by atoms with Crippen molar-refractivity contribution in [2.75, 3.05) is 14.2 Å². The molecule has 0 aromatic carbocycles. The zero-order valence-corrected chi connectivity index (χ0v) is 9.14. The molecule has 2 rings (SSSR count). The number of pyridine rings is 1. The summed E-state index contributed by atoms with van der Waals surface area (Å²) in [5, 5.41) is 0. The summed E-state index contributed by atoms with van der Waals surface area (Å²) in [5.74, 6) is -0.388. The summed E-state index contributed by atoms with van der Waals surface area (Å²) in [5.41, 5.74) is 1.97. The van der Waals surface area contributed by atoms with Gasteiger partial charge < -0.3 is 9.47 Å². The molecule has 0 spiro atoms. The minimum absolute atomic E-state index is 0.388. The summed E-state index contributed by atoms with van der Waals surface area (Å²) in [6.45, 7) is 0.398. The van der Waals surface area contributed by atoms with E-state index >= 15 is 0 Å². The number of rotatable bonds is 3. The molecule has 0 radical (unpaired) electrons. The molecule has 0 aliphatic carbocycles. The van der Waals surface area contributed by atoms with Crippen molar-refractivity contribution in [3.05, 3.63) is 35.8 Å². The molecule has 0 N–H and O–H groups in total. The zero-order valence-electron chi connectivity index (χ0n) is 9.14. The average molecular weight is 220 g/mol. The molecule has 5 nitrogen and oxygen atoms in total. The van der Waals surface area contributed by atoms with Gasteiger partial charge in [-0.25, -0.2) is 9.78 Å². The molecule has 0 bridgehead atoms. The highest BCUT2D eigenvalue weighted by Crippen LogP contribution is 2.12. The van der Waals surface area contributed by atoms with Gasteiger partial charge in [0.15, 0.2) is 0 Å². The van der Waals surface area contributed by atoms with Gasteiger partial charge in [-0.1, -0.05) is 6.07 Å². The van der Waals surface area contributed by atoms with Crippen LogP contribution in [0.2, 0.25) is 0 Å². The second kappa shape index (κ2) is 4.32. The van der Waals surface area contributed by atoms with Gasteiger partial charge in [0.05, 0.1) is 25.6 Å². The second-order valence-corrected chi connectivity index (χ2v) is 3.28. The minimum Gasteiger partial charge on any atom is -0.464 e. The number of aromatic nitrogens is 2. The van der Waals surface area contributed by atoms with Crippen molar-refractivity contribution in [3.8, 4) is 0 Å². The topological polar surface area (TPSA) is 52.8 Å². The van der Waals surface area contributed by atoms with Crippen LogP contribution in [0.1, 0.15) is 16.2 Å². The number of carbonyl (C=O) groups is 1. The number of nitrogens with zero attached hydrogens (tertiary/aromatic N) is 2. The van der Waals surface area contributed by atoms with Crippen LogP contribution >= 0.6 is 0 Å². The van der Waals surface area contributed by atoms with E-state index < -0.39 is 0 Å². The summed E-state index contributed by atoms with van der Waals surface area (Å²) in [6, 6.07) is 5.29. The standard InChI is InChI=1S/C11H12N2O3/c1-15-7-8-6-12-10-5-3-4-9(13(8)10)11(14)16-2/h3-6H,7H2,1-2H3. The van der Waals surface area contributed by atoms with Crippen molar-refractivity contribution in [2.24, 2.45) is 0 Å². The number of hydrogen-bond donors (Lipinski definition) is 0. The first-order valence-electron chi connectivity index (χ1n) is 4.80. The highest BCUT2D eigenvalue weighted by Gasteiger charge is 2.13. The van der Waals surface area contributed by atoms with Crippen molar-refractivity contribution in [1.29, 1.82) is 0 Å². The fraction of sp³-hybridized carbons (Fsp3) is 0.273. The van der Waals surface area contributed by atoms with Crippen LogP contribution in [0.3, 0.4) is 0 Å². The van der Waals surface area contributed by atoms with Crippen molar-refractivity contribution in [1.82, 2.24) is 9.38 Å². The molecule has 2 aromatic rings. The number of methoxy groups -OCH3 is 2. The van der Waals surface area contributed by atoms with Gasteiger partial charge in [0.2, 0.25) is 0 Å². The Morgan fingerprint density at radius 3 is 2.94 bits per heavy atom. The Bertz CT molecular complexity index is 519. The molecule has 0 unspecified atom stereocenters.